The first-order chi connectivity index (χ1) is 11.3. The Morgan fingerprint density at radius 1 is 0.739 bits per heavy atom. The first-order valence-corrected chi connectivity index (χ1v) is 7.95. The van der Waals surface area contributed by atoms with Gasteiger partial charge in [-0.2, -0.15) is 0 Å². The lowest BCUT2D eigenvalue weighted by atomic mass is 9.95. The molecule has 0 spiro atoms. The fourth-order valence-electron chi connectivity index (χ4n) is 3.36. The minimum absolute atomic E-state index is 0.317. The second-order valence-corrected chi connectivity index (χ2v) is 6.00. The summed E-state index contributed by atoms with van der Waals surface area (Å²) in [6, 6.07) is 26.9. The summed E-state index contributed by atoms with van der Waals surface area (Å²) in [7, 11) is 0. The van der Waals surface area contributed by atoms with Crippen LogP contribution in [-0.2, 0) is 12.8 Å². The molecule has 0 radical (unpaired) electrons. The van der Waals surface area contributed by atoms with E-state index in [-0.39, 0.29) is 0 Å². The number of allylic oxidation sites excluding steroid dienone is 2. The minimum Gasteiger partial charge on any atom is -0.508 e. The average molecular weight is 298 g/mol. The average Bonchev–Trinajstić information content (AvgIpc) is 2.96. The van der Waals surface area contributed by atoms with E-state index in [0.29, 0.717) is 5.75 Å². The molecule has 0 atom stereocenters. The lowest BCUT2D eigenvalue weighted by Crippen LogP contribution is -1.92. The lowest BCUT2D eigenvalue weighted by Gasteiger charge is -2.10. The molecule has 112 valence electrons. The molecule has 4 rings (SSSR count). The van der Waals surface area contributed by atoms with E-state index in [4.69, 9.17) is 0 Å². The van der Waals surface area contributed by atoms with E-state index in [0.717, 1.165) is 12.8 Å². The number of phenols is 1. The summed E-state index contributed by atoms with van der Waals surface area (Å²) in [4.78, 5) is 0. The Labute approximate surface area is 136 Å². The molecule has 0 saturated heterocycles. The van der Waals surface area contributed by atoms with Crippen LogP contribution in [0.25, 0.3) is 11.1 Å². The van der Waals surface area contributed by atoms with Crippen molar-refractivity contribution in [2.75, 3.05) is 0 Å². The normalized spacial score (nSPS) is 13.2. The molecule has 0 heterocycles. The monoisotopic (exact) mass is 298 g/mol. The van der Waals surface area contributed by atoms with E-state index in [9.17, 15) is 5.11 Å². The summed E-state index contributed by atoms with van der Waals surface area (Å²) < 4.78 is 0. The second-order valence-electron chi connectivity index (χ2n) is 6.00. The SMILES string of the molecule is Oc1ccc(CC2=C(c3ccccc3)Cc3ccccc32)cc1. The van der Waals surface area contributed by atoms with Gasteiger partial charge in [0.1, 0.15) is 5.75 Å². The highest BCUT2D eigenvalue weighted by Gasteiger charge is 2.22. The summed E-state index contributed by atoms with van der Waals surface area (Å²) >= 11 is 0. The van der Waals surface area contributed by atoms with E-state index in [1.165, 1.54) is 33.4 Å². The molecule has 1 aliphatic rings. The number of phenolic OH excluding ortho intramolecular Hbond substituents is 1. The number of benzene rings is 3. The van der Waals surface area contributed by atoms with Gasteiger partial charge in [-0.3, -0.25) is 0 Å². The third-order valence-electron chi connectivity index (χ3n) is 4.51. The van der Waals surface area contributed by atoms with Crippen molar-refractivity contribution < 1.29 is 5.11 Å². The van der Waals surface area contributed by atoms with Crippen LogP contribution in [0.15, 0.2) is 78.9 Å². The molecule has 0 aliphatic heterocycles. The number of hydrogen-bond acceptors (Lipinski definition) is 1. The number of rotatable bonds is 3. The maximum Gasteiger partial charge on any atom is 0.115 e. The fourth-order valence-corrected chi connectivity index (χ4v) is 3.36. The predicted molar refractivity (Wildman–Crippen MR) is 95.2 cm³/mol. The quantitative estimate of drug-likeness (QED) is 0.713. The molecule has 3 aromatic carbocycles. The van der Waals surface area contributed by atoms with Gasteiger partial charge in [0.15, 0.2) is 0 Å². The topological polar surface area (TPSA) is 20.2 Å². The molecule has 0 bridgehead atoms. The molecule has 3 aromatic rings. The van der Waals surface area contributed by atoms with Crippen LogP contribution in [0.5, 0.6) is 5.75 Å². The number of fused-ring (bicyclic) bond motifs is 1. The largest absolute Gasteiger partial charge is 0.508 e. The Hall–Kier alpha value is -2.80. The summed E-state index contributed by atoms with van der Waals surface area (Å²) in [6.45, 7) is 0. The molecule has 0 amide bonds. The fraction of sp³-hybridized carbons (Fsp3) is 0.0909. The molecule has 0 unspecified atom stereocenters. The molecule has 0 aromatic heterocycles. The van der Waals surface area contributed by atoms with Gasteiger partial charge < -0.3 is 5.11 Å². The molecule has 1 aliphatic carbocycles. The third-order valence-corrected chi connectivity index (χ3v) is 4.51. The van der Waals surface area contributed by atoms with Gasteiger partial charge >= 0.3 is 0 Å². The van der Waals surface area contributed by atoms with Crippen molar-refractivity contribution in [2.45, 2.75) is 12.8 Å². The molecule has 23 heavy (non-hydrogen) atoms. The first-order valence-electron chi connectivity index (χ1n) is 7.95. The Kier molecular flexibility index (Phi) is 3.47. The molecule has 1 nitrogen and oxygen atoms in total. The zero-order valence-corrected chi connectivity index (χ0v) is 12.9. The van der Waals surface area contributed by atoms with Gasteiger partial charge in [0, 0.05) is 0 Å². The lowest BCUT2D eigenvalue weighted by molar-refractivity contribution is 0.475. The molecular weight excluding hydrogens is 280 g/mol. The number of hydrogen-bond donors (Lipinski definition) is 1. The smallest absolute Gasteiger partial charge is 0.115 e. The maximum atomic E-state index is 9.49. The molecular formula is C22H18O. The third kappa shape index (κ3) is 2.66. The highest BCUT2D eigenvalue weighted by Crippen LogP contribution is 2.40. The second kappa shape index (κ2) is 5.77. The zero-order valence-electron chi connectivity index (χ0n) is 12.9. The summed E-state index contributed by atoms with van der Waals surface area (Å²) in [6.07, 6.45) is 1.88. The van der Waals surface area contributed by atoms with Crippen LogP contribution in [-0.4, -0.2) is 5.11 Å². The first kappa shape index (κ1) is 13.8. The van der Waals surface area contributed by atoms with Crippen LogP contribution in [0.3, 0.4) is 0 Å². The van der Waals surface area contributed by atoms with Crippen molar-refractivity contribution in [1.29, 1.82) is 0 Å². The summed E-state index contributed by atoms with van der Waals surface area (Å²) in [5, 5.41) is 9.49. The van der Waals surface area contributed by atoms with E-state index in [1.54, 1.807) is 12.1 Å². The van der Waals surface area contributed by atoms with Gasteiger partial charge in [0.2, 0.25) is 0 Å². The molecule has 0 saturated carbocycles. The van der Waals surface area contributed by atoms with Crippen molar-refractivity contribution in [3.8, 4) is 5.75 Å². The van der Waals surface area contributed by atoms with Gasteiger partial charge in [-0.1, -0.05) is 66.7 Å². The summed E-state index contributed by atoms with van der Waals surface area (Å²) in [5.74, 6) is 0.317. The zero-order chi connectivity index (χ0) is 15.6. The van der Waals surface area contributed by atoms with Crippen molar-refractivity contribution in [3.05, 3.63) is 101 Å². The van der Waals surface area contributed by atoms with Crippen LogP contribution >= 0.6 is 0 Å². The van der Waals surface area contributed by atoms with E-state index in [2.05, 4.69) is 54.6 Å². The molecule has 1 heteroatoms. The van der Waals surface area contributed by atoms with Gasteiger partial charge in [0.05, 0.1) is 0 Å². The van der Waals surface area contributed by atoms with Crippen LogP contribution in [0.4, 0.5) is 0 Å². The summed E-state index contributed by atoms with van der Waals surface area (Å²) in [5.41, 5.74) is 8.11. The maximum absolute atomic E-state index is 9.49. The Balaban J connectivity index is 1.80. The van der Waals surface area contributed by atoms with Crippen molar-refractivity contribution in [1.82, 2.24) is 0 Å². The van der Waals surface area contributed by atoms with E-state index in [1.807, 2.05) is 12.1 Å². The van der Waals surface area contributed by atoms with Crippen molar-refractivity contribution in [3.63, 3.8) is 0 Å². The Morgan fingerprint density at radius 3 is 2.22 bits per heavy atom. The number of aromatic hydroxyl groups is 1. The van der Waals surface area contributed by atoms with Crippen LogP contribution in [0.1, 0.15) is 22.3 Å². The Bertz CT molecular complexity index is 858. The van der Waals surface area contributed by atoms with Gasteiger partial charge in [-0.15, -0.1) is 0 Å². The van der Waals surface area contributed by atoms with Crippen LogP contribution < -0.4 is 0 Å². The van der Waals surface area contributed by atoms with E-state index >= 15 is 0 Å². The van der Waals surface area contributed by atoms with Crippen LogP contribution in [0.2, 0.25) is 0 Å². The standard InChI is InChI=1S/C22H18O/c23-19-12-10-16(11-13-19)14-22-20-9-5-4-8-18(20)15-21(22)17-6-2-1-3-7-17/h1-13,23H,14-15H2. The van der Waals surface area contributed by atoms with Crippen molar-refractivity contribution in [2.24, 2.45) is 0 Å². The van der Waals surface area contributed by atoms with Gasteiger partial charge in [-0.25, -0.2) is 0 Å². The molecule has 0 fully saturated rings. The van der Waals surface area contributed by atoms with Crippen LogP contribution in [0, 0.1) is 0 Å². The van der Waals surface area contributed by atoms with Crippen molar-refractivity contribution >= 4 is 11.1 Å². The Morgan fingerprint density at radius 2 is 1.43 bits per heavy atom. The minimum atomic E-state index is 0.317. The molecule has 1 N–H and O–H groups in total. The predicted octanol–water partition coefficient (Wildman–Crippen LogP) is 5.10. The van der Waals surface area contributed by atoms with Gasteiger partial charge in [-0.05, 0) is 58.4 Å². The highest BCUT2D eigenvalue weighted by molar-refractivity contribution is 5.97. The van der Waals surface area contributed by atoms with Gasteiger partial charge in [0.25, 0.3) is 0 Å². The van der Waals surface area contributed by atoms with E-state index < -0.39 is 0 Å². The highest BCUT2D eigenvalue weighted by atomic mass is 16.3.